The van der Waals surface area contributed by atoms with Gasteiger partial charge in [-0.25, -0.2) is 0 Å². The van der Waals surface area contributed by atoms with Crippen LogP contribution >= 0.6 is 0 Å². The van der Waals surface area contributed by atoms with Crippen molar-refractivity contribution in [3.8, 4) is 5.75 Å². The predicted octanol–water partition coefficient (Wildman–Crippen LogP) is 2.38. The molecule has 7 nitrogen and oxygen atoms in total. The zero-order chi connectivity index (χ0) is 18.1. The second-order valence-electron chi connectivity index (χ2n) is 7.20. The highest BCUT2D eigenvalue weighted by Gasteiger charge is 2.33. The molecule has 2 aromatic rings. The zero-order valence-corrected chi connectivity index (χ0v) is 15.0. The van der Waals surface area contributed by atoms with Gasteiger partial charge in [-0.1, -0.05) is 12.1 Å². The number of aliphatic carboxylic acids is 1. The maximum Gasteiger partial charge on any atom is 0.322 e. The number of benzene rings is 1. The van der Waals surface area contributed by atoms with Crippen molar-refractivity contribution in [2.45, 2.75) is 64.4 Å². The van der Waals surface area contributed by atoms with Crippen molar-refractivity contribution in [2.75, 3.05) is 0 Å². The van der Waals surface area contributed by atoms with Crippen molar-refractivity contribution in [3.63, 3.8) is 0 Å². The van der Waals surface area contributed by atoms with E-state index in [1.54, 1.807) is 0 Å². The first-order valence-corrected chi connectivity index (χ1v) is 9.21. The number of carboxylic acid groups (broad SMARTS) is 1. The lowest BCUT2D eigenvalue weighted by molar-refractivity contribution is -0.145. The van der Waals surface area contributed by atoms with E-state index >= 15 is 0 Å². The van der Waals surface area contributed by atoms with Gasteiger partial charge < -0.3 is 14.4 Å². The Morgan fingerprint density at radius 2 is 2.12 bits per heavy atom. The smallest absolute Gasteiger partial charge is 0.322 e. The third kappa shape index (κ3) is 3.44. The van der Waals surface area contributed by atoms with Gasteiger partial charge >= 0.3 is 5.97 Å². The number of fused-ring (bicyclic) bond motifs is 1. The van der Waals surface area contributed by atoms with Crippen molar-refractivity contribution in [1.82, 2.24) is 19.7 Å². The summed E-state index contributed by atoms with van der Waals surface area (Å²) in [6.07, 6.45) is 5.02. The molecule has 2 aliphatic rings. The monoisotopic (exact) mass is 356 g/mol. The number of carboxylic acids is 1. The Labute approximate surface area is 152 Å². The van der Waals surface area contributed by atoms with Gasteiger partial charge in [0.2, 0.25) is 0 Å². The number of ether oxygens (including phenoxy) is 1. The maximum absolute atomic E-state index is 11.8. The Morgan fingerprint density at radius 3 is 2.88 bits per heavy atom. The summed E-state index contributed by atoms with van der Waals surface area (Å²) in [6, 6.07) is 7.42. The third-order valence-electron chi connectivity index (χ3n) is 5.33. The minimum Gasteiger partial charge on any atom is -0.490 e. The normalized spacial score (nSPS) is 20.9. The van der Waals surface area contributed by atoms with E-state index in [1.807, 2.05) is 40.7 Å². The van der Waals surface area contributed by atoms with Gasteiger partial charge in [0.05, 0.1) is 19.2 Å². The van der Waals surface area contributed by atoms with Crippen molar-refractivity contribution in [3.05, 3.63) is 41.5 Å². The molecule has 4 rings (SSSR count). The molecule has 0 bridgehead atoms. The van der Waals surface area contributed by atoms with Crippen LogP contribution in [0.25, 0.3) is 0 Å². The van der Waals surface area contributed by atoms with Crippen molar-refractivity contribution in [2.24, 2.45) is 0 Å². The van der Waals surface area contributed by atoms with Gasteiger partial charge in [0.25, 0.3) is 0 Å². The largest absolute Gasteiger partial charge is 0.490 e. The third-order valence-corrected chi connectivity index (χ3v) is 5.33. The lowest BCUT2D eigenvalue weighted by Crippen LogP contribution is -2.47. The minimum absolute atomic E-state index is 0.313. The molecular weight excluding hydrogens is 332 g/mol. The molecule has 1 aromatic heterocycles. The molecule has 1 unspecified atom stereocenters. The first kappa shape index (κ1) is 17.0. The summed E-state index contributed by atoms with van der Waals surface area (Å²) < 4.78 is 7.98. The van der Waals surface area contributed by atoms with E-state index < -0.39 is 12.0 Å². The number of hydrogen-bond donors (Lipinski definition) is 1. The van der Waals surface area contributed by atoms with Crippen LogP contribution in [0.5, 0.6) is 5.75 Å². The molecule has 1 fully saturated rings. The SMILES string of the molecule is Cc1nnc2n1CC(C(=O)O)N(Cc1cccc(OC3CCCC3)c1)C2. The molecule has 1 aromatic carbocycles. The van der Waals surface area contributed by atoms with Crippen LogP contribution in [-0.4, -0.2) is 42.9 Å². The molecular formula is C19H24N4O3. The maximum atomic E-state index is 11.8. The summed E-state index contributed by atoms with van der Waals surface area (Å²) in [6.45, 7) is 3.26. The molecule has 2 heterocycles. The summed E-state index contributed by atoms with van der Waals surface area (Å²) >= 11 is 0. The van der Waals surface area contributed by atoms with Gasteiger partial charge in [0.1, 0.15) is 23.4 Å². The fourth-order valence-corrected chi connectivity index (χ4v) is 3.91. The van der Waals surface area contributed by atoms with E-state index in [9.17, 15) is 9.90 Å². The lowest BCUT2D eigenvalue weighted by Gasteiger charge is -2.33. The standard InChI is InChI=1S/C19H24N4O3/c1-13-20-21-18-12-22(17(19(24)25)11-23(13)18)10-14-5-4-8-16(9-14)26-15-6-2-3-7-15/h4-5,8-9,15,17H,2-3,6-7,10-12H2,1H3,(H,24,25). The van der Waals surface area contributed by atoms with Gasteiger partial charge in [-0.15, -0.1) is 10.2 Å². The predicted molar refractivity (Wildman–Crippen MR) is 94.8 cm³/mol. The highest BCUT2D eigenvalue weighted by molar-refractivity contribution is 5.73. The molecule has 138 valence electrons. The van der Waals surface area contributed by atoms with Crippen LogP contribution in [0.4, 0.5) is 0 Å². The number of carbonyl (C=O) groups is 1. The second-order valence-corrected chi connectivity index (χ2v) is 7.20. The Hall–Kier alpha value is -2.41. The quantitative estimate of drug-likeness (QED) is 0.886. The van der Waals surface area contributed by atoms with Gasteiger partial charge in [-0.3, -0.25) is 9.69 Å². The van der Waals surface area contributed by atoms with E-state index in [2.05, 4.69) is 10.2 Å². The zero-order valence-electron chi connectivity index (χ0n) is 15.0. The summed E-state index contributed by atoms with van der Waals surface area (Å²) in [7, 11) is 0. The molecule has 1 aliphatic carbocycles. The van der Waals surface area contributed by atoms with E-state index in [4.69, 9.17) is 4.74 Å². The minimum atomic E-state index is -0.817. The first-order chi connectivity index (χ1) is 12.6. The number of nitrogens with zero attached hydrogens (tertiary/aromatic N) is 4. The molecule has 0 saturated heterocycles. The molecule has 7 heteroatoms. The molecule has 0 amide bonds. The topological polar surface area (TPSA) is 80.5 Å². The fourth-order valence-electron chi connectivity index (χ4n) is 3.91. The number of hydrogen-bond acceptors (Lipinski definition) is 5. The lowest BCUT2D eigenvalue weighted by atomic mass is 10.1. The Balaban J connectivity index is 1.51. The van der Waals surface area contributed by atoms with E-state index in [1.165, 1.54) is 12.8 Å². The summed E-state index contributed by atoms with van der Waals surface area (Å²) in [4.78, 5) is 13.7. The van der Waals surface area contributed by atoms with Crippen LogP contribution < -0.4 is 4.74 Å². The van der Waals surface area contributed by atoms with E-state index in [0.29, 0.717) is 25.7 Å². The molecule has 0 spiro atoms. The van der Waals surface area contributed by atoms with Gasteiger partial charge in [0.15, 0.2) is 0 Å². The average molecular weight is 356 g/mol. The van der Waals surface area contributed by atoms with Crippen LogP contribution in [0.2, 0.25) is 0 Å². The van der Waals surface area contributed by atoms with Crippen LogP contribution in [0.3, 0.4) is 0 Å². The van der Waals surface area contributed by atoms with Crippen molar-refractivity contribution >= 4 is 5.97 Å². The van der Waals surface area contributed by atoms with E-state index in [-0.39, 0.29) is 0 Å². The van der Waals surface area contributed by atoms with Crippen molar-refractivity contribution < 1.29 is 14.6 Å². The second kappa shape index (κ2) is 7.07. The van der Waals surface area contributed by atoms with Gasteiger partial charge in [0, 0.05) is 6.54 Å². The summed E-state index contributed by atoms with van der Waals surface area (Å²) in [5.74, 6) is 1.63. The fraction of sp³-hybridized carbons (Fsp3) is 0.526. The number of aryl methyl sites for hydroxylation is 1. The van der Waals surface area contributed by atoms with Gasteiger partial charge in [-0.2, -0.15) is 0 Å². The Morgan fingerprint density at radius 1 is 1.31 bits per heavy atom. The number of aromatic nitrogens is 3. The van der Waals surface area contributed by atoms with Gasteiger partial charge in [-0.05, 0) is 50.3 Å². The highest BCUT2D eigenvalue weighted by atomic mass is 16.5. The molecule has 0 radical (unpaired) electrons. The van der Waals surface area contributed by atoms with Crippen LogP contribution in [-0.2, 0) is 24.4 Å². The van der Waals surface area contributed by atoms with Crippen LogP contribution in [0.15, 0.2) is 24.3 Å². The number of rotatable bonds is 5. The van der Waals surface area contributed by atoms with E-state index in [0.717, 1.165) is 35.8 Å². The highest BCUT2D eigenvalue weighted by Crippen LogP contribution is 2.26. The van der Waals surface area contributed by atoms with Crippen LogP contribution in [0, 0.1) is 6.92 Å². The first-order valence-electron chi connectivity index (χ1n) is 9.21. The Kier molecular flexibility index (Phi) is 4.63. The molecule has 1 atom stereocenters. The molecule has 1 aliphatic heterocycles. The van der Waals surface area contributed by atoms with Crippen LogP contribution in [0.1, 0.15) is 42.9 Å². The molecule has 26 heavy (non-hydrogen) atoms. The molecule has 1 saturated carbocycles. The summed E-state index contributed by atoms with van der Waals surface area (Å²) in [5, 5.41) is 17.9. The summed E-state index contributed by atoms with van der Waals surface area (Å²) in [5.41, 5.74) is 1.05. The molecule has 1 N–H and O–H groups in total. The van der Waals surface area contributed by atoms with Crippen molar-refractivity contribution in [1.29, 1.82) is 0 Å². The average Bonchev–Trinajstić information content (AvgIpc) is 3.24. The Bertz CT molecular complexity index is 798.